The molecule has 0 aliphatic carbocycles. The van der Waals surface area contributed by atoms with Crippen LogP contribution in [0.4, 0.5) is 5.69 Å². The van der Waals surface area contributed by atoms with Crippen LogP contribution in [0.1, 0.15) is 30.2 Å². The van der Waals surface area contributed by atoms with Crippen LogP contribution in [0.25, 0.3) is 0 Å². The molecule has 1 heterocycles. The molecule has 2 nitrogen and oxygen atoms in total. The monoisotopic (exact) mass is 240 g/mol. The van der Waals surface area contributed by atoms with Crippen LogP contribution in [0, 0.1) is 6.92 Å². The molecule has 0 saturated carbocycles. The highest BCUT2D eigenvalue weighted by Gasteiger charge is 1.96. The maximum absolute atomic E-state index is 4.38. The fourth-order valence-corrected chi connectivity index (χ4v) is 1.87. The zero-order chi connectivity index (χ0) is 12.8. The first-order valence-corrected chi connectivity index (χ1v) is 6.52. The molecular weight excluding hydrogens is 220 g/mol. The van der Waals surface area contributed by atoms with E-state index in [-0.39, 0.29) is 0 Å². The van der Waals surface area contributed by atoms with E-state index in [1.165, 1.54) is 17.5 Å². The molecule has 2 rings (SSSR count). The maximum Gasteiger partial charge on any atom is 0.0594 e. The SMILES string of the molecule is CCCc1ccc(NCc2ccc(C)cn2)cc1. The van der Waals surface area contributed by atoms with Crippen molar-refractivity contribution in [3.8, 4) is 0 Å². The van der Waals surface area contributed by atoms with Gasteiger partial charge in [-0.05, 0) is 42.7 Å². The van der Waals surface area contributed by atoms with E-state index in [0.29, 0.717) is 0 Å². The molecule has 0 aliphatic heterocycles. The van der Waals surface area contributed by atoms with Crippen LogP contribution in [-0.4, -0.2) is 4.98 Å². The lowest BCUT2D eigenvalue weighted by atomic mass is 10.1. The highest BCUT2D eigenvalue weighted by molar-refractivity contribution is 5.44. The number of aryl methyl sites for hydroxylation is 2. The van der Waals surface area contributed by atoms with Gasteiger partial charge in [0.25, 0.3) is 0 Å². The second-order valence-corrected chi connectivity index (χ2v) is 4.63. The first kappa shape index (κ1) is 12.6. The number of hydrogen-bond acceptors (Lipinski definition) is 2. The summed E-state index contributed by atoms with van der Waals surface area (Å²) in [5.74, 6) is 0. The Morgan fingerprint density at radius 2 is 1.83 bits per heavy atom. The standard InChI is InChI=1S/C16H20N2/c1-3-4-14-6-9-15(10-7-14)18-12-16-8-5-13(2)11-17-16/h5-11,18H,3-4,12H2,1-2H3. The average molecular weight is 240 g/mol. The van der Waals surface area contributed by atoms with Crippen LogP contribution < -0.4 is 5.32 Å². The first-order valence-electron chi connectivity index (χ1n) is 6.52. The Bertz CT molecular complexity index is 471. The van der Waals surface area contributed by atoms with E-state index in [9.17, 15) is 0 Å². The van der Waals surface area contributed by atoms with Gasteiger partial charge in [-0.3, -0.25) is 4.98 Å². The van der Waals surface area contributed by atoms with Crippen molar-refractivity contribution >= 4 is 5.69 Å². The van der Waals surface area contributed by atoms with Gasteiger partial charge in [0, 0.05) is 11.9 Å². The minimum atomic E-state index is 0.771. The van der Waals surface area contributed by atoms with Crippen molar-refractivity contribution in [1.29, 1.82) is 0 Å². The van der Waals surface area contributed by atoms with Crippen molar-refractivity contribution in [3.63, 3.8) is 0 Å². The number of rotatable bonds is 5. The predicted molar refractivity (Wildman–Crippen MR) is 76.7 cm³/mol. The second-order valence-electron chi connectivity index (χ2n) is 4.63. The van der Waals surface area contributed by atoms with Crippen molar-refractivity contribution in [1.82, 2.24) is 4.98 Å². The maximum atomic E-state index is 4.38. The summed E-state index contributed by atoms with van der Waals surface area (Å²) in [7, 11) is 0. The quantitative estimate of drug-likeness (QED) is 0.855. The molecule has 0 bridgehead atoms. The average Bonchev–Trinajstić information content (AvgIpc) is 2.40. The molecule has 0 saturated heterocycles. The van der Waals surface area contributed by atoms with Crippen molar-refractivity contribution in [2.45, 2.75) is 33.2 Å². The number of hydrogen-bond donors (Lipinski definition) is 1. The third-order valence-corrected chi connectivity index (χ3v) is 2.94. The fraction of sp³-hybridized carbons (Fsp3) is 0.312. The largest absolute Gasteiger partial charge is 0.379 e. The van der Waals surface area contributed by atoms with Crippen molar-refractivity contribution < 1.29 is 0 Å². The zero-order valence-electron chi connectivity index (χ0n) is 11.1. The molecule has 18 heavy (non-hydrogen) atoms. The van der Waals surface area contributed by atoms with Crippen molar-refractivity contribution in [2.75, 3.05) is 5.32 Å². The van der Waals surface area contributed by atoms with E-state index in [0.717, 1.165) is 24.3 Å². The molecule has 0 spiro atoms. The van der Waals surface area contributed by atoms with Gasteiger partial charge in [-0.25, -0.2) is 0 Å². The van der Waals surface area contributed by atoms with Gasteiger partial charge in [0.1, 0.15) is 0 Å². The summed E-state index contributed by atoms with van der Waals surface area (Å²) >= 11 is 0. The van der Waals surface area contributed by atoms with E-state index < -0.39 is 0 Å². The van der Waals surface area contributed by atoms with Crippen LogP contribution in [0.5, 0.6) is 0 Å². The van der Waals surface area contributed by atoms with Crippen LogP contribution in [0.2, 0.25) is 0 Å². The van der Waals surface area contributed by atoms with Gasteiger partial charge >= 0.3 is 0 Å². The Balaban J connectivity index is 1.91. The Morgan fingerprint density at radius 1 is 1.06 bits per heavy atom. The van der Waals surface area contributed by atoms with E-state index >= 15 is 0 Å². The summed E-state index contributed by atoms with van der Waals surface area (Å²) in [5.41, 5.74) is 4.81. The summed E-state index contributed by atoms with van der Waals surface area (Å²) in [5, 5.41) is 3.39. The molecule has 2 aromatic rings. The summed E-state index contributed by atoms with van der Waals surface area (Å²) in [6.07, 6.45) is 4.25. The molecule has 0 unspecified atom stereocenters. The van der Waals surface area contributed by atoms with Gasteiger partial charge in [-0.1, -0.05) is 31.5 Å². The van der Waals surface area contributed by atoms with E-state index in [1.807, 2.05) is 6.20 Å². The molecule has 94 valence electrons. The predicted octanol–water partition coefficient (Wildman–Crippen LogP) is 3.95. The van der Waals surface area contributed by atoms with Gasteiger partial charge < -0.3 is 5.32 Å². The summed E-state index contributed by atoms with van der Waals surface area (Å²) in [6, 6.07) is 12.8. The number of nitrogens with zero attached hydrogens (tertiary/aromatic N) is 1. The Morgan fingerprint density at radius 3 is 2.44 bits per heavy atom. The molecule has 1 N–H and O–H groups in total. The number of pyridine rings is 1. The topological polar surface area (TPSA) is 24.9 Å². The van der Waals surface area contributed by atoms with Gasteiger partial charge in [-0.15, -0.1) is 0 Å². The molecule has 0 radical (unpaired) electrons. The Kier molecular flexibility index (Phi) is 4.35. The van der Waals surface area contributed by atoms with E-state index in [4.69, 9.17) is 0 Å². The minimum Gasteiger partial charge on any atom is -0.379 e. The van der Waals surface area contributed by atoms with Gasteiger partial charge in [0.05, 0.1) is 12.2 Å². The third-order valence-electron chi connectivity index (χ3n) is 2.94. The van der Waals surface area contributed by atoms with E-state index in [2.05, 4.69) is 60.5 Å². The lowest BCUT2D eigenvalue weighted by Gasteiger charge is -2.07. The van der Waals surface area contributed by atoms with Crippen molar-refractivity contribution in [3.05, 3.63) is 59.4 Å². The van der Waals surface area contributed by atoms with Crippen LogP contribution in [0.15, 0.2) is 42.6 Å². The Hall–Kier alpha value is -1.83. The zero-order valence-corrected chi connectivity index (χ0v) is 11.1. The van der Waals surface area contributed by atoms with Gasteiger partial charge in [-0.2, -0.15) is 0 Å². The molecule has 1 aromatic heterocycles. The minimum absolute atomic E-state index is 0.771. The number of anilines is 1. The molecule has 1 aromatic carbocycles. The van der Waals surface area contributed by atoms with Crippen LogP contribution in [-0.2, 0) is 13.0 Å². The molecule has 0 atom stereocenters. The first-order chi connectivity index (χ1) is 8.78. The number of nitrogens with one attached hydrogen (secondary N) is 1. The molecule has 0 amide bonds. The highest BCUT2D eigenvalue weighted by Crippen LogP contribution is 2.12. The fourth-order valence-electron chi connectivity index (χ4n) is 1.87. The summed E-state index contributed by atoms with van der Waals surface area (Å²) in [6.45, 7) is 5.03. The number of benzene rings is 1. The van der Waals surface area contributed by atoms with Crippen LogP contribution >= 0.6 is 0 Å². The van der Waals surface area contributed by atoms with Crippen LogP contribution in [0.3, 0.4) is 0 Å². The molecule has 0 aliphatic rings. The van der Waals surface area contributed by atoms with Gasteiger partial charge in [0.2, 0.25) is 0 Å². The van der Waals surface area contributed by atoms with E-state index in [1.54, 1.807) is 0 Å². The van der Waals surface area contributed by atoms with Crippen molar-refractivity contribution in [2.24, 2.45) is 0 Å². The molecule has 2 heteroatoms. The Labute approximate surface area is 109 Å². The molecule has 0 fully saturated rings. The van der Waals surface area contributed by atoms with Gasteiger partial charge in [0.15, 0.2) is 0 Å². The third kappa shape index (κ3) is 3.59. The lowest BCUT2D eigenvalue weighted by Crippen LogP contribution is -2.01. The summed E-state index contributed by atoms with van der Waals surface area (Å²) < 4.78 is 0. The normalized spacial score (nSPS) is 10.3. The number of aromatic nitrogens is 1. The summed E-state index contributed by atoms with van der Waals surface area (Å²) in [4.78, 5) is 4.38. The smallest absolute Gasteiger partial charge is 0.0594 e. The second kappa shape index (κ2) is 6.20. The highest BCUT2D eigenvalue weighted by atomic mass is 14.9. The lowest BCUT2D eigenvalue weighted by molar-refractivity contribution is 0.921. The molecular formula is C16H20N2.